The highest BCUT2D eigenvalue weighted by atomic mass is 127. The Morgan fingerprint density at radius 1 is 1.48 bits per heavy atom. The molecule has 1 saturated heterocycles. The van der Waals surface area contributed by atoms with Gasteiger partial charge < -0.3 is 20.9 Å². The van der Waals surface area contributed by atoms with E-state index >= 15 is 0 Å². The van der Waals surface area contributed by atoms with Crippen LogP contribution in [0.3, 0.4) is 0 Å². The summed E-state index contributed by atoms with van der Waals surface area (Å²) in [5.41, 5.74) is 5.62. The number of rotatable bonds is 5. The fourth-order valence-electron chi connectivity index (χ4n) is 2.21. The number of guanidine groups is 1. The average Bonchev–Trinajstić information content (AvgIpc) is 2.97. The Labute approximate surface area is 143 Å². The highest BCUT2D eigenvalue weighted by molar-refractivity contribution is 14.0. The van der Waals surface area contributed by atoms with E-state index in [0.717, 1.165) is 25.0 Å². The number of aliphatic hydroxyl groups is 1. The molecule has 2 atom stereocenters. The van der Waals surface area contributed by atoms with Crippen LogP contribution >= 0.6 is 24.0 Å². The molecule has 118 valence electrons. The summed E-state index contributed by atoms with van der Waals surface area (Å²) in [6.07, 6.45) is 2.38. The molecule has 0 radical (unpaired) electrons. The van der Waals surface area contributed by atoms with E-state index in [0.29, 0.717) is 12.5 Å². The number of hydrogen-bond acceptors (Lipinski definition) is 3. The van der Waals surface area contributed by atoms with Crippen molar-refractivity contribution < 1.29 is 9.84 Å². The van der Waals surface area contributed by atoms with Gasteiger partial charge in [-0.1, -0.05) is 30.3 Å². The molecule has 21 heavy (non-hydrogen) atoms. The van der Waals surface area contributed by atoms with Gasteiger partial charge in [-0.3, -0.25) is 4.99 Å². The minimum atomic E-state index is -1.02. The van der Waals surface area contributed by atoms with Crippen LogP contribution in [0.5, 0.6) is 0 Å². The number of nitrogens with zero attached hydrogens (tertiary/aromatic N) is 1. The van der Waals surface area contributed by atoms with Gasteiger partial charge in [-0.25, -0.2) is 0 Å². The maximum atomic E-state index is 10.4. The van der Waals surface area contributed by atoms with E-state index in [4.69, 9.17) is 10.5 Å². The molecule has 0 bridgehead atoms. The predicted octanol–water partition coefficient (Wildman–Crippen LogP) is 1.60. The molecule has 1 aliphatic rings. The third-order valence-corrected chi connectivity index (χ3v) is 3.49. The number of ether oxygens (including phenoxy) is 1. The van der Waals surface area contributed by atoms with Crippen molar-refractivity contribution in [3.63, 3.8) is 0 Å². The van der Waals surface area contributed by atoms with Gasteiger partial charge >= 0.3 is 0 Å². The minimum Gasteiger partial charge on any atom is -0.384 e. The zero-order valence-electron chi connectivity index (χ0n) is 12.3. The summed E-state index contributed by atoms with van der Waals surface area (Å²) in [7, 11) is 0. The molecule has 1 aliphatic heterocycles. The first-order valence-corrected chi connectivity index (χ1v) is 7.01. The van der Waals surface area contributed by atoms with Crippen molar-refractivity contribution in [2.24, 2.45) is 10.7 Å². The second-order valence-corrected chi connectivity index (χ2v) is 5.36. The van der Waals surface area contributed by atoms with E-state index in [1.54, 1.807) is 6.92 Å². The summed E-state index contributed by atoms with van der Waals surface area (Å²) in [6.45, 7) is 3.45. The Bertz CT molecular complexity index is 445. The van der Waals surface area contributed by atoms with Crippen LogP contribution in [0.2, 0.25) is 0 Å². The molecule has 0 spiro atoms. The number of hydrogen-bond donors (Lipinski definition) is 3. The van der Waals surface area contributed by atoms with E-state index < -0.39 is 5.60 Å². The monoisotopic (exact) mass is 405 g/mol. The highest BCUT2D eigenvalue weighted by Gasteiger charge is 2.22. The van der Waals surface area contributed by atoms with E-state index in [9.17, 15) is 5.11 Å². The summed E-state index contributed by atoms with van der Waals surface area (Å²) in [4.78, 5) is 4.21. The van der Waals surface area contributed by atoms with Gasteiger partial charge in [0.1, 0.15) is 5.60 Å². The summed E-state index contributed by atoms with van der Waals surface area (Å²) in [5, 5.41) is 13.4. The summed E-state index contributed by atoms with van der Waals surface area (Å²) >= 11 is 0. The second kappa shape index (κ2) is 8.55. The molecule has 0 aromatic heterocycles. The van der Waals surface area contributed by atoms with Crippen LogP contribution in [0, 0.1) is 0 Å². The highest BCUT2D eigenvalue weighted by Crippen LogP contribution is 2.20. The maximum absolute atomic E-state index is 10.4. The third kappa shape index (κ3) is 5.80. The Balaban J connectivity index is 0.00000220. The molecule has 4 N–H and O–H groups in total. The molecule has 1 aromatic rings. The molecule has 2 unspecified atom stereocenters. The van der Waals surface area contributed by atoms with Crippen LogP contribution in [0.1, 0.15) is 25.3 Å². The van der Waals surface area contributed by atoms with Crippen molar-refractivity contribution in [2.45, 2.75) is 31.5 Å². The number of halogens is 1. The molecule has 1 heterocycles. The van der Waals surface area contributed by atoms with Crippen molar-refractivity contribution >= 4 is 29.9 Å². The Morgan fingerprint density at radius 3 is 2.81 bits per heavy atom. The fraction of sp³-hybridized carbons (Fsp3) is 0.533. The quantitative estimate of drug-likeness (QED) is 0.395. The molecule has 5 nitrogen and oxygen atoms in total. The third-order valence-electron chi connectivity index (χ3n) is 3.49. The summed E-state index contributed by atoms with van der Waals surface area (Å²) in [6, 6.07) is 9.47. The normalized spacial score (nSPS) is 21.4. The molecule has 0 amide bonds. The van der Waals surface area contributed by atoms with Gasteiger partial charge in [0.2, 0.25) is 0 Å². The van der Waals surface area contributed by atoms with Gasteiger partial charge in [-0.05, 0) is 25.3 Å². The standard InChI is InChI=1S/C15H23N3O2.HI/c1-15(19,12-6-3-2-4-7-12)11-18-14(16)17-10-13-8-5-9-20-13;/h2-4,6-7,13,19H,5,8-11H2,1H3,(H3,16,17,18);1H. The average molecular weight is 405 g/mol. The molecule has 1 fully saturated rings. The van der Waals surface area contributed by atoms with Crippen molar-refractivity contribution in [3.8, 4) is 0 Å². The predicted molar refractivity (Wildman–Crippen MR) is 94.9 cm³/mol. The smallest absolute Gasteiger partial charge is 0.188 e. The number of aliphatic imine (C=N–C) groups is 1. The van der Waals surface area contributed by atoms with Gasteiger partial charge in [0.15, 0.2) is 5.96 Å². The number of nitrogens with two attached hydrogens (primary N) is 1. The zero-order valence-corrected chi connectivity index (χ0v) is 14.6. The molecule has 0 saturated carbocycles. The zero-order chi connectivity index (χ0) is 14.4. The van der Waals surface area contributed by atoms with Crippen LogP contribution in [0.4, 0.5) is 0 Å². The molecule has 1 aromatic carbocycles. The number of benzene rings is 1. The van der Waals surface area contributed by atoms with Gasteiger partial charge in [-0.2, -0.15) is 0 Å². The molecule has 6 heteroatoms. The van der Waals surface area contributed by atoms with Crippen molar-refractivity contribution in [1.82, 2.24) is 5.32 Å². The Morgan fingerprint density at radius 2 is 2.19 bits per heavy atom. The van der Waals surface area contributed by atoms with Crippen LogP contribution in [0.15, 0.2) is 35.3 Å². The maximum Gasteiger partial charge on any atom is 0.188 e. The lowest BCUT2D eigenvalue weighted by atomic mass is 9.96. The van der Waals surface area contributed by atoms with Crippen LogP contribution < -0.4 is 11.1 Å². The SMILES string of the molecule is CC(O)(CN=C(N)NCC1CCCO1)c1ccccc1.I. The van der Waals surface area contributed by atoms with E-state index in [2.05, 4.69) is 10.3 Å². The van der Waals surface area contributed by atoms with Gasteiger partial charge in [0.25, 0.3) is 0 Å². The second-order valence-electron chi connectivity index (χ2n) is 5.36. The van der Waals surface area contributed by atoms with Gasteiger partial charge in [-0.15, -0.1) is 24.0 Å². The van der Waals surface area contributed by atoms with Crippen molar-refractivity contribution in [2.75, 3.05) is 19.7 Å². The topological polar surface area (TPSA) is 79.9 Å². The first kappa shape index (κ1) is 18.2. The largest absolute Gasteiger partial charge is 0.384 e. The fourth-order valence-corrected chi connectivity index (χ4v) is 2.21. The lowest BCUT2D eigenvalue weighted by molar-refractivity contribution is 0.0672. The first-order chi connectivity index (χ1) is 9.58. The first-order valence-electron chi connectivity index (χ1n) is 7.01. The van der Waals surface area contributed by atoms with Gasteiger partial charge in [0.05, 0.1) is 12.6 Å². The van der Waals surface area contributed by atoms with Crippen molar-refractivity contribution in [1.29, 1.82) is 0 Å². The van der Waals surface area contributed by atoms with E-state index in [1.165, 1.54) is 0 Å². The molecule has 2 rings (SSSR count). The molecular formula is C15H24IN3O2. The Hall–Kier alpha value is -0.860. The molecule has 0 aliphatic carbocycles. The Kier molecular flexibility index (Phi) is 7.41. The van der Waals surface area contributed by atoms with E-state index in [1.807, 2.05) is 30.3 Å². The summed E-state index contributed by atoms with van der Waals surface area (Å²) < 4.78 is 5.50. The van der Waals surface area contributed by atoms with Crippen molar-refractivity contribution in [3.05, 3.63) is 35.9 Å². The lowest BCUT2D eigenvalue weighted by Crippen LogP contribution is -2.38. The van der Waals surface area contributed by atoms with Crippen LogP contribution in [-0.2, 0) is 10.3 Å². The summed E-state index contributed by atoms with van der Waals surface area (Å²) in [5.74, 6) is 0.344. The van der Waals surface area contributed by atoms with Crippen LogP contribution in [-0.4, -0.2) is 36.9 Å². The minimum absolute atomic E-state index is 0. The van der Waals surface area contributed by atoms with E-state index in [-0.39, 0.29) is 36.6 Å². The molecular weight excluding hydrogens is 381 g/mol. The lowest BCUT2D eigenvalue weighted by Gasteiger charge is -2.22. The van der Waals surface area contributed by atoms with Gasteiger partial charge in [0, 0.05) is 13.2 Å². The van der Waals surface area contributed by atoms with Crippen LogP contribution in [0.25, 0.3) is 0 Å². The number of nitrogens with one attached hydrogen (secondary N) is 1.